The number of halogens is 1. The molecule has 17 heavy (non-hydrogen) atoms. The number of hydrogen-bond donors (Lipinski definition) is 1. The van der Waals surface area contributed by atoms with E-state index in [1.165, 1.54) is 11.1 Å². The topological polar surface area (TPSA) is 44.5 Å². The second kappa shape index (κ2) is 7.69. The molecule has 0 fully saturated rings. The third-order valence-corrected chi connectivity index (χ3v) is 3.29. The Kier molecular flexibility index (Phi) is 6.55. The summed E-state index contributed by atoms with van der Waals surface area (Å²) >= 11 is 3.51. The number of hydrogen-bond acceptors (Lipinski definition) is 3. The summed E-state index contributed by atoms with van der Waals surface area (Å²) < 4.78 is 11.5. The van der Waals surface area contributed by atoms with Gasteiger partial charge in [-0.05, 0) is 65.0 Å². The molecule has 4 heteroatoms. The maximum absolute atomic E-state index is 5.51. The van der Waals surface area contributed by atoms with E-state index in [4.69, 9.17) is 15.2 Å². The van der Waals surface area contributed by atoms with Gasteiger partial charge in [-0.1, -0.05) is 0 Å². The fraction of sp³-hybridized carbons (Fsp3) is 0.538. The first-order valence-corrected chi connectivity index (χ1v) is 6.56. The van der Waals surface area contributed by atoms with Crippen LogP contribution in [0.1, 0.15) is 24.0 Å². The average molecular weight is 302 g/mol. The Bertz CT molecular complexity index is 356. The quantitative estimate of drug-likeness (QED) is 0.788. The highest BCUT2D eigenvalue weighted by Gasteiger charge is 2.08. The normalized spacial score (nSPS) is 10.6. The molecule has 96 valence electrons. The predicted molar refractivity (Wildman–Crippen MR) is 73.4 cm³/mol. The monoisotopic (exact) mass is 301 g/mol. The van der Waals surface area contributed by atoms with Gasteiger partial charge in [0.15, 0.2) is 0 Å². The molecule has 0 radical (unpaired) electrons. The van der Waals surface area contributed by atoms with Gasteiger partial charge < -0.3 is 15.2 Å². The lowest BCUT2D eigenvalue weighted by Crippen LogP contribution is -2.02. The van der Waals surface area contributed by atoms with Crippen molar-refractivity contribution in [3.63, 3.8) is 0 Å². The second-order valence-electron chi connectivity index (χ2n) is 3.93. The van der Waals surface area contributed by atoms with Gasteiger partial charge in [0.25, 0.3) is 0 Å². The third kappa shape index (κ3) is 4.30. The zero-order valence-corrected chi connectivity index (χ0v) is 12.0. The molecule has 1 aromatic carbocycles. The van der Waals surface area contributed by atoms with E-state index in [1.54, 1.807) is 14.2 Å². The summed E-state index contributed by atoms with van der Waals surface area (Å²) in [7, 11) is 3.38. The van der Waals surface area contributed by atoms with E-state index in [-0.39, 0.29) is 0 Å². The average Bonchev–Trinajstić information content (AvgIpc) is 2.32. The van der Waals surface area contributed by atoms with Crippen molar-refractivity contribution in [2.45, 2.75) is 25.9 Å². The first-order valence-electron chi connectivity index (χ1n) is 5.77. The molecule has 0 aliphatic heterocycles. The maximum Gasteiger partial charge on any atom is 0.133 e. The number of aryl methyl sites for hydroxylation is 1. The van der Waals surface area contributed by atoms with Crippen LogP contribution in [-0.2, 0) is 17.8 Å². The molecular weight excluding hydrogens is 282 g/mol. The molecule has 1 rings (SSSR count). The van der Waals surface area contributed by atoms with Gasteiger partial charge in [0.05, 0.1) is 18.2 Å². The van der Waals surface area contributed by atoms with Crippen molar-refractivity contribution in [3.05, 3.63) is 27.7 Å². The molecule has 0 aromatic heterocycles. The first-order chi connectivity index (χ1) is 8.22. The van der Waals surface area contributed by atoms with Crippen molar-refractivity contribution < 1.29 is 9.47 Å². The standard InChI is InChI=1S/C13H20BrNO2/c1-16-9-11-8-13(17-2)12(14)7-10(11)5-3-4-6-15/h7-8H,3-6,9,15H2,1-2H3. The molecule has 0 aliphatic carbocycles. The Hall–Kier alpha value is -0.580. The summed E-state index contributed by atoms with van der Waals surface area (Å²) in [6.45, 7) is 1.36. The Balaban J connectivity index is 2.88. The minimum atomic E-state index is 0.613. The van der Waals surface area contributed by atoms with Crippen molar-refractivity contribution in [2.24, 2.45) is 5.73 Å². The van der Waals surface area contributed by atoms with Gasteiger partial charge in [0.1, 0.15) is 5.75 Å². The van der Waals surface area contributed by atoms with E-state index >= 15 is 0 Å². The molecule has 0 atom stereocenters. The Morgan fingerprint density at radius 3 is 2.53 bits per heavy atom. The Morgan fingerprint density at radius 2 is 1.94 bits per heavy atom. The van der Waals surface area contributed by atoms with Gasteiger partial charge in [-0.25, -0.2) is 0 Å². The van der Waals surface area contributed by atoms with Crippen LogP contribution in [0.15, 0.2) is 16.6 Å². The SMILES string of the molecule is COCc1cc(OC)c(Br)cc1CCCCN. The number of benzene rings is 1. The van der Waals surface area contributed by atoms with Crippen LogP contribution in [0, 0.1) is 0 Å². The fourth-order valence-electron chi connectivity index (χ4n) is 1.78. The molecular formula is C13H20BrNO2. The zero-order valence-electron chi connectivity index (χ0n) is 10.5. The number of nitrogens with two attached hydrogens (primary N) is 1. The Morgan fingerprint density at radius 1 is 1.18 bits per heavy atom. The summed E-state index contributed by atoms with van der Waals surface area (Å²) in [5, 5.41) is 0. The van der Waals surface area contributed by atoms with Gasteiger partial charge in [0, 0.05) is 7.11 Å². The maximum atomic E-state index is 5.51. The lowest BCUT2D eigenvalue weighted by molar-refractivity contribution is 0.183. The summed E-state index contributed by atoms with van der Waals surface area (Å²) in [6, 6.07) is 4.15. The minimum absolute atomic E-state index is 0.613. The van der Waals surface area contributed by atoms with E-state index in [0.29, 0.717) is 6.61 Å². The largest absolute Gasteiger partial charge is 0.496 e. The van der Waals surface area contributed by atoms with Gasteiger partial charge in [-0.2, -0.15) is 0 Å². The van der Waals surface area contributed by atoms with Crippen LogP contribution < -0.4 is 10.5 Å². The molecule has 0 bridgehead atoms. The molecule has 0 saturated heterocycles. The van der Waals surface area contributed by atoms with Gasteiger partial charge in [0.2, 0.25) is 0 Å². The highest BCUT2D eigenvalue weighted by atomic mass is 79.9. The van der Waals surface area contributed by atoms with Crippen LogP contribution in [0.25, 0.3) is 0 Å². The molecule has 0 heterocycles. The van der Waals surface area contributed by atoms with Crippen molar-refractivity contribution >= 4 is 15.9 Å². The first kappa shape index (κ1) is 14.5. The molecule has 2 N–H and O–H groups in total. The van der Waals surface area contributed by atoms with Gasteiger partial charge in [-0.3, -0.25) is 0 Å². The highest BCUT2D eigenvalue weighted by molar-refractivity contribution is 9.10. The van der Waals surface area contributed by atoms with E-state index in [2.05, 4.69) is 22.0 Å². The van der Waals surface area contributed by atoms with E-state index in [9.17, 15) is 0 Å². The predicted octanol–water partition coefficient (Wildman–Crippen LogP) is 2.89. The van der Waals surface area contributed by atoms with Crippen molar-refractivity contribution in [3.8, 4) is 5.75 Å². The van der Waals surface area contributed by atoms with Crippen molar-refractivity contribution in [1.29, 1.82) is 0 Å². The molecule has 1 aromatic rings. The van der Waals surface area contributed by atoms with Gasteiger partial charge >= 0.3 is 0 Å². The number of ether oxygens (including phenoxy) is 2. The zero-order chi connectivity index (χ0) is 12.7. The summed E-state index contributed by atoms with van der Waals surface area (Å²) in [4.78, 5) is 0. The van der Waals surface area contributed by atoms with Crippen molar-refractivity contribution in [1.82, 2.24) is 0 Å². The second-order valence-corrected chi connectivity index (χ2v) is 4.79. The molecule has 3 nitrogen and oxygen atoms in total. The summed E-state index contributed by atoms with van der Waals surface area (Å²) in [5.74, 6) is 0.847. The van der Waals surface area contributed by atoms with E-state index < -0.39 is 0 Å². The number of unbranched alkanes of at least 4 members (excludes halogenated alkanes) is 1. The molecule has 0 spiro atoms. The smallest absolute Gasteiger partial charge is 0.133 e. The van der Waals surface area contributed by atoms with E-state index in [1.807, 2.05) is 6.07 Å². The third-order valence-electron chi connectivity index (χ3n) is 2.67. The van der Waals surface area contributed by atoms with Crippen LogP contribution in [0.4, 0.5) is 0 Å². The lowest BCUT2D eigenvalue weighted by Gasteiger charge is -2.12. The van der Waals surface area contributed by atoms with Crippen LogP contribution in [-0.4, -0.2) is 20.8 Å². The summed E-state index contributed by atoms with van der Waals surface area (Å²) in [6.07, 6.45) is 3.18. The van der Waals surface area contributed by atoms with E-state index in [0.717, 1.165) is 36.0 Å². The summed E-state index contributed by atoms with van der Waals surface area (Å²) in [5.41, 5.74) is 7.99. The fourth-order valence-corrected chi connectivity index (χ4v) is 2.33. The highest BCUT2D eigenvalue weighted by Crippen LogP contribution is 2.29. The van der Waals surface area contributed by atoms with Crippen LogP contribution in [0.3, 0.4) is 0 Å². The van der Waals surface area contributed by atoms with Crippen LogP contribution in [0.2, 0.25) is 0 Å². The molecule has 0 aliphatic rings. The van der Waals surface area contributed by atoms with Crippen LogP contribution in [0.5, 0.6) is 5.75 Å². The van der Waals surface area contributed by atoms with Gasteiger partial charge in [-0.15, -0.1) is 0 Å². The number of methoxy groups -OCH3 is 2. The number of rotatable bonds is 7. The molecule has 0 unspecified atom stereocenters. The van der Waals surface area contributed by atoms with Crippen LogP contribution >= 0.6 is 15.9 Å². The lowest BCUT2D eigenvalue weighted by atomic mass is 10.0. The van der Waals surface area contributed by atoms with Crippen molar-refractivity contribution in [2.75, 3.05) is 20.8 Å². The Labute approximate surface area is 111 Å². The molecule has 0 amide bonds. The molecule has 0 saturated carbocycles. The minimum Gasteiger partial charge on any atom is -0.496 e.